The van der Waals surface area contributed by atoms with Crippen molar-refractivity contribution >= 4 is 5.65 Å². The summed E-state index contributed by atoms with van der Waals surface area (Å²) in [6.07, 6.45) is 6.55. The number of rotatable bonds is 3. The van der Waals surface area contributed by atoms with Gasteiger partial charge in [0, 0.05) is 24.9 Å². The fourth-order valence-corrected chi connectivity index (χ4v) is 2.52. The highest BCUT2D eigenvalue weighted by atomic mass is 16.5. The van der Waals surface area contributed by atoms with Gasteiger partial charge in [-0.05, 0) is 38.8 Å². The van der Waals surface area contributed by atoms with Crippen molar-refractivity contribution in [3.05, 3.63) is 30.2 Å². The quantitative estimate of drug-likeness (QED) is 0.851. The second-order valence-corrected chi connectivity index (χ2v) is 5.35. The molecule has 0 aliphatic carbocycles. The third-order valence-corrected chi connectivity index (χ3v) is 3.41. The highest BCUT2D eigenvalue weighted by Gasteiger charge is 2.20. The lowest BCUT2D eigenvalue weighted by Gasteiger charge is -2.19. The fourth-order valence-electron chi connectivity index (χ4n) is 2.52. The van der Waals surface area contributed by atoms with E-state index >= 15 is 0 Å². The molecule has 4 heteroatoms. The molecule has 4 nitrogen and oxygen atoms in total. The first-order valence-electron chi connectivity index (χ1n) is 6.96. The van der Waals surface area contributed by atoms with Crippen LogP contribution in [0.1, 0.15) is 38.3 Å². The monoisotopic (exact) mass is 260 g/mol. The van der Waals surface area contributed by atoms with Gasteiger partial charge in [-0.1, -0.05) is 0 Å². The summed E-state index contributed by atoms with van der Waals surface area (Å²) in [6, 6.07) is 3.97. The van der Waals surface area contributed by atoms with E-state index in [4.69, 9.17) is 14.5 Å². The van der Waals surface area contributed by atoms with E-state index in [-0.39, 0.29) is 6.10 Å². The Kier molecular flexibility index (Phi) is 3.42. The molecule has 19 heavy (non-hydrogen) atoms. The van der Waals surface area contributed by atoms with Crippen LogP contribution in [0.5, 0.6) is 5.75 Å². The number of ether oxygens (including phenoxy) is 2. The summed E-state index contributed by atoms with van der Waals surface area (Å²) < 4.78 is 13.4. The highest BCUT2D eigenvalue weighted by molar-refractivity contribution is 5.54. The van der Waals surface area contributed by atoms with E-state index in [1.165, 1.54) is 0 Å². The van der Waals surface area contributed by atoms with Crippen LogP contribution in [-0.4, -0.2) is 28.7 Å². The Morgan fingerprint density at radius 2 is 2.37 bits per heavy atom. The molecule has 0 spiro atoms. The van der Waals surface area contributed by atoms with Gasteiger partial charge in [-0.25, -0.2) is 4.98 Å². The summed E-state index contributed by atoms with van der Waals surface area (Å²) in [5, 5.41) is 0. The molecule has 1 unspecified atom stereocenters. The van der Waals surface area contributed by atoms with Crippen LogP contribution in [-0.2, 0) is 4.74 Å². The molecule has 2 aromatic heterocycles. The molecule has 1 saturated heterocycles. The third-order valence-electron chi connectivity index (χ3n) is 3.41. The lowest BCUT2D eigenvalue weighted by molar-refractivity contribution is 0.0794. The smallest absolute Gasteiger partial charge is 0.179 e. The maximum atomic E-state index is 5.81. The molecule has 1 aliphatic heterocycles. The molecule has 3 heterocycles. The zero-order valence-electron chi connectivity index (χ0n) is 11.5. The molecule has 1 atom stereocenters. The first kappa shape index (κ1) is 12.5. The minimum atomic E-state index is 0.157. The van der Waals surface area contributed by atoms with Gasteiger partial charge in [0.1, 0.15) is 0 Å². The van der Waals surface area contributed by atoms with Crippen LogP contribution in [0.4, 0.5) is 0 Å². The zero-order valence-corrected chi connectivity index (χ0v) is 11.5. The molecule has 102 valence electrons. The number of imidazole rings is 1. The van der Waals surface area contributed by atoms with E-state index in [0.29, 0.717) is 5.92 Å². The van der Waals surface area contributed by atoms with Crippen molar-refractivity contribution in [2.24, 2.45) is 0 Å². The molecule has 0 amide bonds. The predicted molar refractivity (Wildman–Crippen MR) is 73.8 cm³/mol. The van der Waals surface area contributed by atoms with Crippen LogP contribution in [0.15, 0.2) is 24.5 Å². The summed E-state index contributed by atoms with van der Waals surface area (Å²) in [5.41, 5.74) is 2.01. The lowest BCUT2D eigenvalue weighted by Crippen LogP contribution is -2.15. The van der Waals surface area contributed by atoms with E-state index in [1.54, 1.807) is 0 Å². The average Bonchev–Trinajstić information content (AvgIpc) is 2.84. The number of aromatic nitrogens is 2. The third kappa shape index (κ3) is 2.59. The topological polar surface area (TPSA) is 35.8 Å². The minimum Gasteiger partial charge on any atom is -0.487 e. The van der Waals surface area contributed by atoms with Gasteiger partial charge in [0.2, 0.25) is 0 Å². The Balaban J connectivity index is 1.95. The maximum Gasteiger partial charge on any atom is 0.179 e. The second kappa shape index (κ2) is 5.21. The molecule has 0 saturated carbocycles. The lowest BCUT2D eigenvalue weighted by atomic mass is 9.99. The SMILES string of the molecule is CC(C)Oc1cccn2cc(C3CCCOC3)nc12. The van der Waals surface area contributed by atoms with E-state index in [2.05, 4.69) is 6.20 Å². The molecule has 3 rings (SSSR count). The average molecular weight is 260 g/mol. The van der Waals surface area contributed by atoms with E-state index in [1.807, 2.05) is 36.6 Å². The van der Waals surface area contributed by atoms with Crippen LogP contribution < -0.4 is 4.74 Å². The molecule has 0 radical (unpaired) electrons. The standard InChI is InChI=1S/C15H20N2O2/c1-11(2)19-14-6-3-7-17-9-13(16-15(14)17)12-5-4-8-18-10-12/h3,6-7,9,11-12H,4-5,8,10H2,1-2H3. The van der Waals surface area contributed by atoms with Gasteiger partial charge in [-0.15, -0.1) is 0 Å². The second-order valence-electron chi connectivity index (χ2n) is 5.35. The summed E-state index contributed by atoms with van der Waals surface area (Å²) in [4.78, 5) is 4.75. The Morgan fingerprint density at radius 1 is 1.47 bits per heavy atom. The van der Waals surface area contributed by atoms with Crippen LogP contribution in [0.25, 0.3) is 5.65 Å². The summed E-state index contributed by atoms with van der Waals surface area (Å²) in [6.45, 7) is 5.72. The summed E-state index contributed by atoms with van der Waals surface area (Å²) in [7, 11) is 0. The fraction of sp³-hybridized carbons (Fsp3) is 0.533. The summed E-state index contributed by atoms with van der Waals surface area (Å²) >= 11 is 0. The first-order valence-corrected chi connectivity index (χ1v) is 6.96. The number of fused-ring (bicyclic) bond motifs is 1. The summed E-state index contributed by atoms with van der Waals surface area (Å²) in [5.74, 6) is 1.26. The minimum absolute atomic E-state index is 0.157. The molecule has 0 bridgehead atoms. The van der Waals surface area contributed by atoms with Crippen LogP contribution in [0.3, 0.4) is 0 Å². The van der Waals surface area contributed by atoms with Crippen LogP contribution in [0.2, 0.25) is 0 Å². The van der Waals surface area contributed by atoms with Crippen molar-refractivity contribution in [2.75, 3.05) is 13.2 Å². The van der Waals surface area contributed by atoms with Gasteiger partial charge in [-0.3, -0.25) is 0 Å². The van der Waals surface area contributed by atoms with Gasteiger partial charge in [0.15, 0.2) is 11.4 Å². The zero-order chi connectivity index (χ0) is 13.2. The van der Waals surface area contributed by atoms with Crippen molar-refractivity contribution in [2.45, 2.75) is 38.7 Å². The first-order chi connectivity index (χ1) is 9.24. The highest BCUT2D eigenvalue weighted by Crippen LogP contribution is 2.27. The molecular weight excluding hydrogens is 240 g/mol. The number of pyridine rings is 1. The normalized spacial score (nSPS) is 20.1. The van der Waals surface area contributed by atoms with Crippen LogP contribution >= 0.6 is 0 Å². The largest absolute Gasteiger partial charge is 0.487 e. The van der Waals surface area contributed by atoms with Crippen molar-refractivity contribution in [1.29, 1.82) is 0 Å². The predicted octanol–water partition coefficient (Wildman–Crippen LogP) is 3.02. The van der Waals surface area contributed by atoms with Crippen molar-refractivity contribution in [3.63, 3.8) is 0 Å². The van der Waals surface area contributed by atoms with Crippen molar-refractivity contribution in [1.82, 2.24) is 9.38 Å². The van der Waals surface area contributed by atoms with E-state index in [9.17, 15) is 0 Å². The van der Waals surface area contributed by atoms with Gasteiger partial charge >= 0.3 is 0 Å². The number of hydrogen-bond acceptors (Lipinski definition) is 3. The van der Waals surface area contributed by atoms with Crippen molar-refractivity contribution in [3.8, 4) is 5.75 Å². The molecule has 0 N–H and O–H groups in total. The Labute approximate surface area is 113 Å². The molecule has 0 aromatic carbocycles. The van der Waals surface area contributed by atoms with Gasteiger partial charge in [0.25, 0.3) is 0 Å². The van der Waals surface area contributed by atoms with E-state index in [0.717, 1.165) is 43.1 Å². The maximum absolute atomic E-state index is 5.81. The number of hydrogen-bond donors (Lipinski definition) is 0. The molecule has 1 fully saturated rings. The Hall–Kier alpha value is -1.55. The van der Waals surface area contributed by atoms with Gasteiger partial charge in [-0.2, -0.15) is 0 Å². The Morgan fingerprint density at radius 3 is 3.11 bits per heavy atom. The molecule has 2 aromatic rings. The van der Waals surface area contributed by atoms with E-state index < -0.39 is 0 Å². The van der Waals surface area contributed by atoms with Gasteiger partial charge in [0.05, 0.1) is 18.4 Å². The molecule has 1 aliphatic rings. The van der Waals surface area contributed by atoms with Crippen LogP contribution in [0, 0.1) is 0 Å². The Bertz CT molecular complexity index is 556. The van der Waals surface area contributed by atoms with Crippen molar-refractivity contribution < 1.29 is 9.47 Å². The number of nitrogens with zero attached hydrogens (tertiary/aromatic N) is 2. The van der Waals surface area contributed by atoms with Gasteiger partial charge < -0.3 is 13.9 Å². The molecular formula is C15H20N2O2.